The Morgan fingerprint density at radius 3 is 2.77 bits per heavy atom. The average molecular weight is 361 g/mol. The number of hydrogen-bond acceptors (Lipinski definition) is 4. The summed E-state index contributed by atoms with van der Waals surface area (Å²) in [5.41, 5.74) is 2.81. The van der Waals surface area contributed by atoms with Crippen molar-refractivity contribution in [3.8, 4) is 0 Å². The molecule has 0 radical (unpaired) electrons. The van der Waals surface area contributed by atoms with Gasteiger partial charge in [0.15, 0.2) is 0 Å². The molecule has 1 aliphatic rings. The fraction of sp³-hybridized carbons (Fsp3) is 0.412. The van der Waals surface area contributed by atoms with Crippen molar-refractivity contribution < 1.29 is 0 Å². The fourth-order valence-electron chi connectivity index (χ4n) is 2.80. The number of aryl methyl sites for hydroxylation is 1. The van der Waals surface area contributed by atoms with Crippen molar-refractivity contribution in [2.75, 3.05) is 16.8 Å². The van der Waals surface area contributed by atoms with Gasteiger partial charge in [-0.1, -0.05) is 22.0 Å². The molecule has 0 saturated heterocycles. The van der Waals surface area contributed by atoms with Gasteiger partial charge < -0.3 is 10.2 Å². The van der Waals surface area contributed by atoms with Crippen LogP contribution in [-0.2, 0) is 13.0 Å². The molecule has 116 valence electrons. The van der Waals surface area contributed by atoms with Crippen LogP contribution in [0.4, 0.5) is 11.6 Å². The number of halogens is 1. The lowest BCUT2D eigenvalue weighted by atomic mass is 10.00. The molecule has 1 aromatic heterocycles. The van der Waals surface area contributed by atoms with Crippen molar-refractivity contribution in [1.29, 1.82) is 0 Å². The van der Waals surface area contributed by atoms with E-state index < -0.39 is 0 Å². The summed E-state index contributed by atoms with van der Waals surface area (Å²) >= 11 is 3.55. The lowest BCUT2D eigenvalue weighted by molar-refractivity contribution is 0.716. The molecule has 3 rings (SSSR count). The Morgan fingerprint density at radius 2 is 2.00 bits per heavy atom. The van der Waals surface area contributed by atoms with Crippen LogP contribution in [0.2, 0.25) is 0 Å². The van der Waals surface area contributed by atoms with Crippen LogP contribution in [0.5, 0.6) is 0 Å². The van der Waals surface area contributed by atoms with E-state index in [-0.39, 0.29) is 0 Å². The summed E-state index contributed by atoms with van der Waals surface area (Å²) in [5, 5.41) is 3.37. The van der Waals surface area contributed by atoms with Crippen LogP contribution in [0.25, 0.3) is 0 Å². The largest absolute Gasteiger partial charge is 0.368 e. The molecular formula is C17H21BrN4. The van der Waals surface area contributed by atoms with Crippen LogP contribution in [0.3, 0.4) is 0 Å². The first kappa shape index (κ1) is 15.3. The minimum atomic E-state index is 0.363. The molecular weight excluding hydrogens is 340 g/mol. The molecule has 0 atom stereocenters. The van der Waals surface area contributed by atoms with Crippen LogP contribution in [-0.4, -0.2) is 22.6 Å². The maximum Gasteiger partial charge on any atom is 0.134 e. The predicted octanol–water partition coefficient (Wildman–Crippen LogP) is 3.93. The summed E-state index contributed by atoms with van der Waals surface area (Å²) in [6.07, 6.45) is 1.05. The Hall–Kier alpha value is -1.62. The van der Waals surface area contributed by atoms with Gasteiger partial charge in [-0.3, -0.25) is 0 Å². The number of anilines is 2. The Kier molecular flexibility index (Phi) is 4.34. The Morgan fingerprint density at radius 1 is 1.18 bits per heavy atom. The number of aromatic nitrogens is 2. The molecule has 0 bridgehead atoms. The molecule has 0 spiro atoms. The highest BCUT2D eigenvalue weighted by atomic mass is 79.9. The van der Waals surface area contributed by atoms with Gasteiger partial charge in [0.05, 0.1) is 0 Å². The highest BCUT2D eigenvalue weighted by molar-refractivity contribution is 9.10. The molecule has 1 aromatic carbocycles. The molecule has 4 nitrogen and oxygen atoms in total. The smallest absolute Gasteiger partial charge is 0.134 e. The Labute approximate surface area is 140 Å². The standard InChI is InChI=1S/C17H21BrN4/c1-11(2)19-16-9-17(21-12(3)20-16)22-7-6-13-8-15(18)5-4-14(13)10-22/h4-5,8-9,11H,6-7,10H2,1-3H3,(H,19,20,21). The van der Waals surface area contributed by atoms with Gasteiger partial charge in [-0.05, 0) is 50.5 Å². The van der Waals surface area contributed by atoms with Gasteiger partial charge >= 0.3 is 0 Å². The van der Waals surface area contributed by atoms with Crippen molar-refractivity contribution in [2.45, 2.75) is 39.8 Å². The van der Waals surface area contributed by atoms with Crippen molar-refractivity contribution in [3.05, 3.63) is 45.7 Å². The zero-order chi connectivity index (χ0) is 15.7. The van der Waals surface area contributed by atoms with Crippen LogP contribution in [0.15, 0.2) is 28.7 Å². The maximum absolute atomic E-state index is 4.62. The fourth-order valence-corrected chi connectivity index (χ4v) is 3.21. The van der Waals surface area contributed by atoms with E-state index in [1.807, 2.05) is 6.92 Å². The summed E-state index contributed by atoms with van der Waals surface area (Å²) < 4.78 is 1.15. The summed E-state index contributed by atoms with van der Waals surface area (Å²) in [7, 11) is 0. The maximum atomic E-state index is 4.62. The number of benzene rings is 1. The Balaban J connectivity index is 1.86. The first-order chi connectivity index (χ1) is 10.5. The number of rotatable bonds is 3. The summed E-state index contributed by atoms with van der Waals surface area (Å²) in [4.78, 5) is 11.4. The minimum Gasteiger partial charge on any atom is -0.368 e. The SMILES string of the molecule is Cc1nc(NC(C)C)cc(N2CCc3cc(Br)ccc3C2)n1. The van der Waals surface area contributed by atoms with Gasteiger partial charge in [0, 0.05) is 29.7 Å². The molecule has 22 heavy (non-hydrogen) atoms. The molecule has 0 saturated carbocycles. The number of hydrogen-bond donors (Lipinski definition) is 1. The van der Waals surface area contributed by atoms with E-state index in [4.69, 9.17) is 0 Å². The van der Waals surface area contributed by atoms with Gasteiger partial charge in [0.1, 0.15) is 17.5 Å². The van der Waals surface area contributed by atoms with Crippen molar-refractivity contribution in [3.63, 3.8) is 0 Å². The van der Waals surface area contributed by atoms with Gasteiger partial charge in [0.2, 0.25) is 0 Å². The van der Waals surface area contributed by atoms with E-state index in [9.17, 15) is 0 Å². The van der Waals surface area contributed by atoms with Crippen molar-refractivity contribution >= 4 is 27.6 Å². The first-order valence-corrected chi connectivity index (χ1v) is 8.45. The molecule has 2 heterocycles. The molecule has 0 unspecified atom stereocenters. The molecule has 0 fully saturated rings. The van der Waals surface area contributed by atoms with Crippen LogP contribution in [0, 0.1) is 6.92 Å². The van der Waals surface area contributed by atoms with E-state index in [0.717, 1.165) is 41.4 Å². The Bertz CT molecular complexity index is 684. The predicted molar refractivity (Wildman–Crippen MR) is 94.4 cm³/mol. The zero-order valence-corrected chi connectivity index (χ0v) is 14.8. The van der Waals surface area contributed by atoms with Gasteiger partial charge in [-0.25, -0.2) is 9.97 Å². The van der Waals surface area contributed by atoms with Gasteiger partial charge in [0.25, 0.3) is 0 Å². The lowest BCUT2D eigenvalue weighted by Crippen LogP contribution is -2.31. The normalized spacial score (nSPS) is 14.1. The third-order valence-electron chi connectivity index (χ3n) is 3.77. The monoisotopic (exact) mass is 360 g/mol. The van der Waals surface area contributed by atoms with Crippen molar-refractivity contribution in [1.82, 2.24) is 9.97 Å². The quantitative estimate of drug-likeness (QED) is 0.900. The highest BCUT2D eigenvalue weighted by Gasteiger charge is 2.18. The van der Waals surface area contributed by atoms with E-state index in [0.29, 0.717) is 6.04 Å². The van der Waals surface area contributed by atoms with Crippen molar-refractivity contribution in [2.24, 2.45) is 0 Å². The number of nitrogens with one attached hydrogen (secondary N) is 1. The topological polar surface area (TPSA) is 41.1 Å². The van der Waals surface area contributed by atoms with Crippen LogP contribution < -0.4 is 10.2 Å². The third-order valence-corrected chi connectivity index (χ3v) is 4.26. The second kappa shape index (κ2) is 6.24. The number of nitrogens with zero attached hydrogens (tertiary/aromatic N) is 3. The van der Waals surface area contributed by atoms with Gasteiger partial charge in [-0.2, -0.15) is 0 Å². The molecule has 5 heteroatoms. The highest BCUT2D eigenvalue weighted by Crippen LogP contribution is 2.26. The lowest BCUT2D eigenvalue weighted by Gasteiger charge is -2.30. The average Bonchev–Trinajstić information content (AvgIpc) is 2.45. The molecule has 2 aromatic rings. The summed E-state index contributed by atoms with van der Waals surface area (Å²) in [5.74, 6) is 2.71. The van der Waals surface area contributed by atoms with E-state index in [1.54, 1.807) is 0 Å². The number of fused-ring (bicyclic) bond motifs is 1. The van der Waals surface area contributed by atoms with E-state index in [1.165, 1.54) is 11.1 Å². The summed E-state index contributed by atoms with van der Waals surface area (Å²) in [6, 6.07) is 8.95. The third kappa shape index (κ3) is 3.40. The molecule has 0 amide bonds. The minimum absolute atomic E-state index is 0.363. The van der Waals surface area contributed by atoms with E-state index in [2.05, 4.69) is 74.2 Å². The summed E-state index contributed by atoms with van der Waals surface area (Å²) in [6.45, 7) is 8.07. The first-order valence-electron chi connectivity index (χ1n) is 7.66. The van der Waals surface area contributed by atoms with Crippen LogP contribution >= 0.6 is 15.9 Å². The second-order valence-corrected chi connectivity index (χ2v) is 6.96. The zero-order valence-electron chi connectivity index (χ0n) is 13.2. The van der Waals surface area contributed by atoms with E-state index >= 15 is 0 Å². The molecule has 0 aliphatic carbocycles. The molecule has 1 aliphatic heterocycles. The van der Waals surface area contributed by atoms with Gasteiger partial charge in [-0.15, -0.1) is 0 Å². The second-order valence-electron chi connectivity index (χ2n) is 6.04. The van der Waals surface area contributed by atoms with Crippen LogP contribution in [0.1, 0.15) is 30.8 Å². The molecule has 1 N–H and O–H groups in total.